The van der Waals surface area contributed by atoms with Gasteiger partial charge in [-0.05, 0) is 59.5 Å². The topological polar surface area (TPSA) is 57.7 Å². The molecule has 8 heteroatoms. The van der Waals surface area contributed by atoms with Crippen molar-refractivity contribution in [1.82, 2.24) is 4.90 Å². The summed E-state index contributed by atoms with van der Waals surface area (Å²) < 4.78 is 52.3. The molecule has 0 radical (unpaired) electrons. The van der Waals surface area contributed by atoms with E-state index in [-0.39, 0.29) is 22.2 Å². The minimum Gasteiger partial charge on any atom is -0.366 e. The molecule has 5 nitrogen and oxygen atoms in total. The van der Waals surface area contributed by atoms with Gasteiger partial charge in [0, 0.05) is 38.0 Å². The molecule has 4 rings (SSSR count). The fourth-order valence-electron chi connectivity index (χ4n) is 4.16. The summed E-state index contributed by atoms with van der Waals surface area (Å²) in [5.41, 5.74) is 2.81. The van der Waals surface area contributed by atoms with Crippen LogP contribution in [-0.4, -0.2) is 51.7 Å². The van der Waals surface area contributed by atoms with E-state index in [4.69, 9.17) is 0 Å². The fraction of sp³-hybridized carbons (Fsp3) is 0.269. The van der Waals surface area contributed by atoms with Crippen molar-refractivity contribution in [3.8, 4) is 11.1 Å². The normalized spacial score (nSPS) is 14.4. The van der Waals surface area contributed by atoms with Gasteiger partial charge < -0.3 is 9.80 Å². The van der Waals surface area contributed by atoms with Gasteiger partial charge in [0.1, 0.15) is 11.6 Å². The number of amides is 1. The molecule has 0 N–H and O–H groups in total. The first-order chi connectivity index (χ1) is 16.2. The number of halogens is 2. The molecule has 0 saturated carbocycles. The maximum Gasteiger partial charge on any atom is 0.254 e. The molecular weight excluding hydrogens is 458 g/mol. The van der Waals surface area contributed by atoms with Crippen molar-refractivity contribution in [3.63, 3.8) is 0 Å². The van der Waals surface area contributed by atoms with E-state index in [1.807, 2.05) is 17.9 Å². The van der Waals surface area contributed by atoms with Gasteiger partial charge in [0.25, 0.3) is 5.91 Å². The van der Waals surface area contributed by atoms with Crippen LogP contribution in [0.15, 0.2) is 65.6 Å². The molecule has 1 saturated heterocycles. The third-order valence-corrected chi connectivity index (χ3v) is 7.24. The van der Waals surface area contributed by atoms with E-state index >= 15 is 0 Å². The van der Waals surface area contributed by atoms with E-state index in [2.05, 4.69) is 0 Å². The monoisotopic (exact) mass is 484 g/mol. The Morgan fingerprint density at radius 3 is 2.18 bits per heavy atom. The van der Waals surface area contributed by atoms with Crippen molar-refractivity contribution in [2.45, 2.75) is 18.2 Å². The van der Waals surface area contributed by atoms with Gasteiger partial charge in [0.05, 0.1) is 10.6 Å². The highest BCUT2D eigenvalue weighted by Crippen LogP contribution is 2.29. The molecule has 0 unspecified atom stereocenters. The number of carbonyl (C=O) groups is 1. The average molecular weight is 485 g/mol. The number of aryl methyl sites for hydroxylation is 1. The lowest BCUT2D eigenvalue weighted by atomic mass is 9.98. The zero-order valence-corrected chi connectivity index (χ0v) is 19.9. The highest BCUT2D eigenvalue weighted by atomic mass is 32.2. The standard InChI is InChI=1S/C26H26F2N2O3S/c1-3-18-4-11-25(24(28)16-18)29-12-14-30(15-13-29)26(31)23-17-21(34(2,32)33)9-10-22(23)19-5-7-20(27)8-6-19/h4-11,16-17H,3,12-15H2,1-2H3. The number of piperazine rings is 1. The minimum atomic E-state index is -3.53. The van der Waals surface area contributed by atoms with Crippen LogP contribution in [0.5, 0.6) is 0 Å². The molecule has 34 heavy (non-hydrogen) atoms. The Hall–Kier alpha value is -3.26. The molecule has 1 aliphatic heterocycles. The van der Waals surface area contributed by atoms with Crippen molar-refractivity contribution in [3.05, 3.63) is 83.4 Å². The summed E-state index contributed by atoms with van der Waals surface area (Å²) in [6.07, 6.45) is 1.84. The predicted molar refractivity (Wildman–Crippen MR) is 129 cm³/mol. The Bertz CT molecular complexity index is 1320. The number of carbonyl (C=O) groups excluding carboxylic acids is 1. The first-order valence-corrected chi connectivity index (χ1v) is 13.0. The second-order valence-corrected chi connectivity index (χ2v) is 10.4. The molecule has 0 aliphatic carbocycles. The van der Waals surface area contributed by atoms with Gasteiger partial charge in [-0.15, -0.1) is 0 Å². The molecule has 1 heterocycles. The Morgan fingerprint density at radius 2 is 1.59 bits per heavy atom. The van der Waals surface area contributed by atoms with Gasteiger partial charge in [-0.3, -0.25) is 4.79 Å². The van der Waals surface area contributed by atoms with Gasteiger partial charge in [0.15, 0.2) is 9.84 Å². The van der Waals surface area contributed by atoms with Crippen LogP contribution in [-0.2, 0) is 16.3 Å². The molecule has 0 aromatic heterocycles. The SMILES string of the molecule is CCc1ccc(N2CCN(C(=O)c3cc(S(C)(=O)=O)ccc3-c3ccc(F)cc3)CC2)c(F)c1. The molecule has 178 valence electrons. The number of hydrogen-bond donors (Lipinski definition) is 0. The maximum atomic E-state index is 14.6. The van der Waals surface area contributed by atoms with Crippen LogP contribution in [0.1, 0.15) is 22.8 Å². The number of benzene rings is 3. The third-order valence-electron chi connectivity index (χ3n) is 6.13. The molecule has 0 spiro atoms. The summed E-state index contributed by atoms with van der Waals surface area (Å²) >= 11 is 0. The quantitative estimate of drug-likeness (QED) is 0.533. The lowest BCUT2D eigenvalue weighted by Gasteiger charge is -2.36. The van der Waals surface area contributed by atoms with E-state index in [0.717, 1.165) is 18.2 Å². The molecule has 0 atom stereocenters. The van der Waals surface area contributed by atoms with E-state index in [9.17, 15) is 22.0 Å². The minimum absolute atomic E-state index is 0.0402. The van der Waals surface area contributed by atoms with Crippen molar-refractivity contribution in [2.24, 2.45) is 0 Å². The zero-order valence-electron chi connectivity index (χ0n) is 19.1. The summed E-state index contributed by atoms with van der Waals surface area (Å²) in [5, 5.41) is 0. The number of rotatable bonds is 5. The molecule has 1 fully saturated rings. The van der Waals surface area contributed by atoms with Gasteiger partial charge in [0.2, 0.25) is 0 Å². The molecular formula is C26H26F2N2O3S. The van der Waals surface area contributed by atoms with Crippen molar-refractivity contribution in [2.75, 3.05) is 37.3 Å². The Morgan fingerprint density at radius 1 is 0.912 bits per heavy atom. The summed E-state index contributed by atoms with van der Waals surface area (Å²) in [5.74, 6) is -0.996. The average Bonchev–Trinajstić information content (AvgIpc) is 2.83. The second kappa shape index (κ2) is 9.54. The smallest absolute Gasteiger partial charge is 0.254 e. The second-order valence-electron chi connectivity index (χ2n) is 8.41. The van der Waals surface area contributed by atoms with Crippen LogP contribution >= 0.6 is 0 Å². The first kappa shape index (κ1) is 23.9. The van der Waals surface area contributed by atoms with E-state index in [1.165, 1.54) is 24.3 Å². The summed E-state index contributed by atoms with van der Waals surface area (Å²) in [6, 6.07) is 15.3. The molecule has 3 aromatic rings. The molecule has 1 aliphatic rings. The van der Waals surface area contributed by atoms with Crippen molar-refractivity contribution >= 4 is 21.4 Å². The Labute approximate surface area is 198 Å². The van der Waals surface area contributed by atoms with E-state index < -0.39 is 15.7 Å². The van der Waals surface area contributed by atoms with Crippen LogP contribution in [0.2, 0.25) is 0 Å². The van der Waals surface area contributed by atoms with Crippen LogP contribution < -0.4 is 4.90 Å². The maximum absolute atomic E-state index is 14.6. The number of hydrogen-bond acceptors (Lipinski definition) is 4. The van der Waals surface area contributed by atoms with E-state index in [0.29, 0.717) is 43.0 Å². The first-order valence-electron chi connectivity index (χ1n) is 11.1. The van der Waals surface area contributed by atoms with Crippen LogP contribution in [0.25, 0.3) is 11.1 Å². The third kappa shape index (κ3) is 4.97. The van der Waals surface area contributed by atoms with Crippen molar-refractivity contribution < 1.29 is 22.0 Å². The number of anilines is 1. The predicted octanol–water partition coefficient (Wildman–Crippen LogP) is 4.56. The summed E-state index contributed by atoms with van der Waals surface area (Å²) in [6.45, 7) is 3.59. The van der Waals surface area contributed by atoms with Crippen molar-refractivity contribution in [1.29, 1.82) is 0 Å². The summed E-state index contributed by atoms with van der Waals surface area (Å²) in [7, 11) is -3.53. The lowest BCUT2D eigenvalue weighted by Crippen LogP contribution is -2.49. The van der Waals surface area contributed by atoms with Crippen LogP contribution in [0, 0.1) is 11.6 Å². The molecule has 1 amide bonds. The summed E-state index contributed by atoms with van der Waals surface area (Å²) in [4.78, 5) is 17.1. The van der Waals surface area contributed by atoms with Gasteiger partial charge in [-0.25, -0.2) is 17.2 Å². The van der Waals surface area contributed by atoms with Crippen LogP contribution in [0.4, 0.5) is 14.5 Å². The largest absolute Gasteiger partial charge is 0.366 e. The Balaban J connectivity index is 1.60. The molecule has 3 aromatic carbocycles. The number of sulfone groups is 1. The molecule has 0 bridgehead atoms. The Kier molecular flexibility index (Phi) is 6.70. The highest BCUT2D eigenvalue weighted by molar-refractivity contribution is 7.90. The van der Waals surface area contributed by atoms with Gasteiger partial charge in [-0.1, -0.05) is 31.2 Å². The van der Waals surface area contributed by atoms with Gasteiger partial charge >= 0.3 is 0 Å². The van der Waals surface area contributed by atoms with E-state index in [1.54, 1.807) is 35.2 Å². The number of nitrogens with zero attached hydrogens (tertiary/aromatic N) is 2. The fourth-order valence-corrected chi connectivity index (χ4v) is 4.81. The lowest BCUT2D eigenvalue weighted by molar-refractivity contribution is 0.0747. The van der Waals surface area contributed by atoms with Gasteiger partial charge in [-0.2, -0.15) is 0 Å². The zero-order chi connectivity index (χ0) is 24.5. The highest BCUT2D eigenvalue weighted by Gasteiger charge is 2.26. The van der Waals surface area contributed by atoms with Crippen LogP contribution in [0.3, 0.4) is 0 Å².